The zero-order valence-corrected chi connectivity index (χ0v) is 15.8. The van der Waals surface area contributed by atoms with Gasteiger partial charge >= 0.3 is 0 Å². The third-order valence-corrected chi connectivity index (χ3v) is 5.81. The van der Waals surface area contributed by atoms with Crippen LogP contribution in [0.2, 0.25) is 0 Å². The fourth-order valence-corrected chi connectivity index (χ4v) is 4.19. The van der Waals surface area contributed by atoms with Crippen molar-refractivity contribution >= 4 is 17.2 Å². The summed E-state index contributed by atoms with van der Waals surface area (Å²) in [6, 6.07) is 12.4. The van der Waals surface area contributed by atoms with Crippen LogP contribution in [0.5, 0.6) is 0 Å². The highest BCUT2D eigenvalue weighted by Crippen LogP contribution is 2.20. The Morgan fingerprint density at radius 3 is 2.96 bits per heavy atom. The molecule has 0 bridgehead atoms. The number of aryl methyl sites for hydroxylation is 1. The van der Waals surface area contributed by atoms with Crippen molar-refractivity contribution in [2.45, 2.75) is 26.5 Å². The van der Waals surface area contributed by atoms with Crippen LogP contribution in [-0.2, 0) is 17.9 Å². The molecule has 2 aromatic rings. The van der Waals surface area contributed by atoms with Crippen molar-refractivity contribution in [3.8, 4) is 0 Å². The first kappa shape index (κ1) is 18.1. The second kappa shape index (κ2) is 8.61. The summed E-state index contributed by atoms with van der Waals surface area (Å²) < 4.78 is 5.10. The van der Waals surface area contributed by atoms with Crippen LogP contribution in [-0.4, -0.2) is 37.6 Å². The Morgan fingerprint density at radius 1 is 1.32 bits per heavy atom. The van der Waals surface area contributed by atoms with E-state index in [4.69, 9.17) is 4.74 Å². The number of nitrogens with zero attached hydrogens (tertiary/aromatic N) is 1. The third kappa shape index (κ3) is 4.91. The third-order valence-electron chi connectivity index (χ3n) is 4.75. The molecule has 2 heterocycles. The van der Waals surface area contributed by atoms with Gasteiger partial charge in [-0.05, 0) is 49.1 Å². The summed E-state index contributed by atoms with van der Waals surface area (Å²) in [5.41, 5.74) is 2.75. The van der Waals surface area contributed by atoms with Crippen molar-refractivity contribution < 1.29 is 9.53 Å². The second-order valence-corrected chi connectivity index (χ2v) is 7.89. The van der Waals surface area contributed by atoms with E-state index in [1.807, 2.05) is 12.1 Å². The van der Waals surface area contributed by atoms with Gasteiger partial charge in [-0.2, -0.15) is 0 Å². The molecule has 0 saturated carbocycles. The molecule has 1 aliphatic rings. The Hall–Kier alpha value is -1.69. The Balaban J connectivity index is 1.45. The smallest absolute Gasteiger partial charge is 0.261 e. The lowest BCUT2D eigenvalue weighted by Gasteiger charge is -2.17. The predicted molar refractivity (Wildman–Crippen MR) is 102 cm³/mol. The number of rotatable bonds is 7. The molecule has 0 radical (unpaired) electrons. The number of thiophene rings is 1. The highest BCUT2D eigenvalue weighted by molar-refractivity contribution is 7.14. The first-order chi connectivity index (χ1) is 12.2. The lowest BCUT2D eigenvalue weighted by molar-refractivity contribution is 0.0951. The maximum atomic E-state index is 12.3. The molecule has 1 aromatic heterocycles. The standard InChI is InChI=1S/C20H26N2O2S/c1-15-5-3-4-6-17(15)13-22-10-9-16(12-22)11-21-20(23)19-8-7-18(25-19)14-24-2/h3-8,16H,9-14H2,1-2H3,(H,21,23)/t16-/m0/s1. The zero-order valence-electron chi connectivity index (χ0n) is 15.0. The summed E-state index contributed by atoms with van der Waals surface area (Å²) in [5, 5.41) is 3.10. The molecule has 1 aromatic carbocycles. The molecule has 1 atom stereocenters. The molecule has 1 aliphatic heterocycles. The van der Waals surface area contributed by atoms with Gasteiger partial charge in [-0.15, -0.1) is 11.3 Å². The molecule has 1 N–H and O–H groups in total. The van der Waals surface area contributed by atoms with Crippen LogP contribution in [0.15, 0.2) is 36.4 Å². The molecule has 4 nitrogen and oxygen atoms in total. The van der Waals surface area contributed by atoms with Crippen molar-refractivity contribution in [2.24, 2.45) is 5.92 Å². The van der Waals surface area contributed by atoms with Crippen LogP contribution in [0.3, 0.4) is 0 Å². The van der Waals surface area contributed by atoms with Crippen LogP contribution in [0.25, 0.3) is 0 Å². The molecule has 0 unspecified atom stereocenters. The molecule has 1 saturated heterocycles. The lowest BCUT2D eigenvalue weighted by atomic mass is 10.1. The Bertz CT molecular complexity index is 713. The normalized spacial score (nSPS) is 17.8. The number of likely N-dealkylation sites (tertiary alicyclic amines) is 1. The van der Waals surface area contributed by atoms with Crippen molar-refractivity contribution in [1.29, 1.82) is 0 Å². The van der Waals surface area contributed by atoms with E-state index in [1.165, 1.54) is 22.5 Å². The van der Waals surface area contributed by atoms with Crippen LogP contribution in [0.1, 0.15) is 32.1 Å². The lowest BCUT2D eigenvalue weighted by Crippen LogP contribution is -2.30. The van der Waals surface area contributed by atoms with Crippen LogP contribution in [0, 0.1) is 12.8 Å². The predicted octanol–water partition coefficient (Wildman–Crippen LogP) is 3.45. The summed E-state index contributed by atoms with van der Waals surface area (Å²) in [4.78, 5) is 16.6. The minimum absolute atomic E-state index is 0.0321. The van der Waals surface area contributed by atoms with Gasteiger partial charge in [0.05, 0.1) is 11.5 Å². The van der Waals surface area contributed by atoms with E-state index in [0.717, 1.165) is 42.4 Å². The molecular weight excluding hydrogens is 332 g/mol. The average molecular weight is 359 g/mol. The molecule has 25 heavy (non-hydrogen) atoms. The summed E-state index contributed by atoms with van der Waals surface area (Å²) >= 11 is 1.50. The monoisotopic (exact) mass is 358 g/mol. The van der Waals surface area contributed by atoms with Gasteiger partial charge in [0.25, 0.3) is 5.91 Å². The number of carbonyl (C=O) groups excluding carboxylic acids is 1. The van der Waals surface area contributed by atoms with E-state index in [2.05, 4.69) is 41.4 Å². The number of nitrogens with one attached hydrogen (secondary N) is 1. The second-order valence-electron chi connectivity index (χ2n) is 6.73. The first-order valence-electron chi connectivity index (χ1n) is 8.78. The van der Waals surface area contributed by atoms with E-state index in [9.17, 15) is 4.79 Å². The molecule has 1 amide bonds. The van der Waals surface area contributed by atoms with Gasteiger partial charge in [0, 0.05) is 31.6 Å². The number of hydrogen-bond acceptors (Lipinski definition) is 4. The van der Waals surface area contributed by atoms with Crippen molar-refractivity contribution in [1.82, 2.24) is 10.2 Å². The van der Waals surface area contributed by atoms with Crippen LogP contribution >= 0.6 is 11.3 Å². The fourth-order valence-electron chi connectivity index (χ4n) is 3.30. The van der Waals surface area contributed by atoms with Gasteiger partial charge in [0.2, 0.25) is 0 Å². The van der Waals surface area contributed by atoms with Crippen molar-refractivity contribution in [3.05, 3.63) is 57.3 Å². The number of amides is 1. The SMILES string of the molecule is COCc1ccc(C(=O)NC[C@@H]2CCN(Cc3ccccc3C)C2)s1. The van der Waals surface area contributed by atoms with Crippen LogP contribution in [0.4, 0.5) is 0 Å². The van der Waals surface area contributed by atoms with E-state index in [1.54, 1.807) is 7.11 Å². The molecule has 0 spiro atoms. The molecule has 1 fully saturated rings. The topological polar surface area (TPSA) is 41.6 Å². The first-order valence-corrected chi connectivity index (χ1v) is 9.60. The van der Waals surface area contributed by atoms with Gasteiger partial charge in [-0.25, -0.2) is 0 Å². The number of carbonyl (C=O) groups is 1. The van der Waals surface area contributed by atoms with Gasteiger partial charge in [-0.3, -0.25) is 9.69 Å². The quantitative estimate of drug-likeness (QED) is 0.824. The number of benzene rings is 1. The molecule has 5 heteroatoms. The maximum absolute atomic E-state index is 12.3. The van der Waals surface area contributed by atoms with Crippen molar-refractivity contribution in [3.63, 3.8) is 0 Å². The molecular formula is C20H26N2O2S. The minimum atomic E-state index is 0.0321. The summed E-state index contributed by atoms with van der Waals surface area (Å²) in [6.07, 6.45) is 1.14. The molecule has 134 valence electrons. The average Bonchev–Trinajstić information content (AvgIpc) is 3.25. The molecule has 3 rings (SSSR count). The number of methoxy groups -OCH3 is 1. The Morgan fingerprint density at radius 2 is 2.16 bits per heavy atom. The van der Waals surface area contributed by atoms with E-state index < -0.39 is 0 Å². The Kier molecular flexibility index (Phi) is 6.24. The fraction of sp³-hybridized carbons (Fsp3) is 0.450. The van der Waals surface area contributed by atoms with E-state index in [0.29, 0.717) is 12.5 Å². The van der Waals surface area contributed by atoms with Gasteiger partial charge in [-0.1, -0.05) is 24.3 Å². The van der Waals surface area contributed by atoms with Crippen LogP contribution < -0.4 is 5.32 Å². The van der Waals surface area contributed by atoms with E-state index in [-0.39, 0.29) is 5.91 Å². The van der Waals surface area contributed by atoms with Gasteiger partial charge in [0.15, 0.2) is 0 Å². The van der Waals surface area contributed by atoms with Gasteiger partial charge in [0.1, 0.15) is 0 Å². The van der Waals surface area contributed by atoms with Crippen molar-refractivity contribution in [2.75, 3.05) is 26.7 Å². The van der Waals surface area contributed by atoms with E-state index >= 15 is 0 Å². The largest absolute Gasteiger partial charge is 0.379 e. The summed E-state index contributed by atoms with van der Waals surface area (Å²) in [5.74, 6) is 0.566. The summed E-state index contributed by atoms with van der Waals surface area (Å²) in [7, 11) is 1.67. The molecule has 0 aliphatic carbocycles. The zero-order chi connectivity index (χ0) is 17.6. The number of hydrogen-bond donors (Lipinski definition) is 1. The number of ether oxygens (including phenoxy) is 1. The highest BCUT2D eigenvalue weighted by Gasteiger charge is 2.23. The minimum Gasteiger partial charge on any atom is -0.379 e. The summed E-state index contributed by atoms with van der Waals surface area (Å²) in [6.45, 7) is 6.64. The maximum Gasteiger partial charge on any atom is 0.261 e. The van der Waals surface area contributed by atoms with Gasteiger partial charge < -0.3 is 10.1 Å². The Labute approximate surface area is 153 Å². The highest BCUT2D eigenvalue weighted by atomic mass is 32.1.